The highest BCUT2D eigenvalue weighted by atomic mass is 14.2. The average molecular weight is 163 g/mol. The van der Waals surface area contributed by atoms with Crippen LogP contribution in [0.5, 0.6) is 0 Å². The Balaban J connectivity index is 2.96. The SMILES string of the molecule is C=CCCCCCC/C=C/C#N. The van der Waals surface area contributed by atoms with E-state index in [1.807, 2.05) is 18.2 Å². The second-order valence-corrected chi connectivity index (χ2v) is 2.81. The van der Waals surface area contributed by atoms with E-state index in [0.717, 1.165) is 12.8 Å². The summed E-state index contributed by atoms with van der Waals surface area (Å²) in [5.41, 5.74) is 0. The fraction of sp³-hybridized carbons (Fsp3) is 0.545. The van der Waals surface area contributed by atoms with Crippen molar-refractivity contribution in [2.45, 2.75) is 38.5 Å². The average Bonchev–Trinajstić information content (AvgIpc) is 2.10. The third-order valence-electron chi connectivity index (χ3n) is 1.72. The van der Waals surface area contributed by atoms with Gasteiger partial charge in [0, 0.05) is 6.08 Å². The molecule has 0 saturated heterocycles. The summed E-state index contributed by atoms with van der Waals surface area (Å²) in [7, 11) is 0. The topological polar surface area (TPSA) is 23.8 Å². The number of rotatable bonds is 7. The van der Waals surface area contributed by atoms with Gasteiger partial charge in [0.2, 0.25) is 0 Å². The zero-order valence-electron chi connectivity index (χ0n) is 7.63. The van der Waals surface area contributed by atoms with Crippen molar-refractivity contribution in [3.05, 3.63) is 24.8 Å². The molecule has 0 radical (unpaired) electrons. The highest BCUT2D eigenvalue weighted by molar-refractivity contribution is 5.01. The maximum Gasteiger partial charge on any atom is 0.0908 e. The molecule has 0 bridgehead atoms. The van der Waals surface area contributed by atoms with E-state index < -0.39 is 0 Å². The molecule has 0 amide bonds. The molecule has 0 aliphatic heterocycles. The highest BCUT2D eigenvalue weighted by Gasteiger charge is 1.86. The molecular formula is C11H17N. The lowest BCUT2D eigenvalue weighted by Gasteiger charge is -1.95. The maximum atomic E-state index is 8.19. The van der Waals surface area contributed by atoms with Crippen LogP contribution in [0.1, 0.15) is 38.5 Å². The van der Waals surface area contributed by atoms with Crippen LogP contribution >= 0.6 is 0 Å². The molecule has 0 heterocycles. The number of unbranched alkanes of at least 4 members (excludes halogenated alkanes) is 5. The summed E-state index contributed by atoms with van der Waals surface area (Å²) < 4.78 is 0. The van der Waals surface area contributed by atoms with Crippen LogP contribution in [0.2, 0.25) is 0 Å². The molecule has 1 heteroatoms. The minimum atomic E-state index is 1.04. The Kier molecular flexibility index (Phi) is 9.11. The molecule has 0 rings (SSSR count). The van der Waals surface area contributed by atoms with Crippen LogP contribution in [0.4, 0.5) is 0 Å². The molecular weight excluding hydrogens is 146 g/mol. The van der Waals surface area contributed by atoms with Crippen molar-refractivity contribution >= 4 is 0 Å². The van der Waals surface area contributed by atoms with Gasteiger partial charge in [-0.05, 0) is 25.7 Å². The monoisotopic (exact) mass is 163 g/mol. The van der Waals surface area contributed by atoms with E-state index >= 15 is 0 Å². The summed E-state index contributed by atoms with van der Waals surface area (Å²) in [5.74, 6) is 0. The van der Waals surface area contributed by atoms with E-state index in [1.54, 1.807) is 6.08 Å². The van der Waals surface area contributed by atoms with Crippen molar-refractivity contribution in [3.63, 3.8) is 0 Å². The molecule has 0 aliphatic carbocycles. The summed E-state index contributed by atoms with van der Waals surface area (Å²) in [6.07, 6.45) is 12.7. The fourth-order valence-electron chi connectivity index (χ4n) is 1.04. The fourth-order valence-corrected chi connectivity index (χ4v) is 1.04. The minimum Gasteiger partial charge on any atom is -0.193 e. The summed E-state index contributed by atoms with van der Waals surface area (Å²) in [4.78, 5) is 0. The van der Waals surface area contributed by atoms with Gasteiger partial charge in [-0.1, -0.05) is 25.0 Å². The Morgan fingerprint density at radius 2 is 1.75 bits per heavy atom. The highest BCUT2D eigenvalue weighted by Crippen LogP contribution is 2.05. The van der Waals surface area contributed by atoms with Crippen LogP contribution in [-0.4, -0.2) is 0 Å². The van der Waals surface area contributed by atoms with Gasteiger partial charge in [0.25, 0.3) is 0 Å². The Labute approximate surface area is 75.4 Å². The normalized spacial score (nSPS) is 9.92. The minimum absolute atomic E-state index is 1.04. The molecule has 0 saturated carbocycles. The standard InChI is InChI=1S/C11H17N/c1-2-3-4-5-6-7-8-9-10-11-12/h2,9-10H,1,3-8H2/b10-9+. The summed E-state index contributed by atoms with van der Waals surface area (Å²) in [5, 5.41) is 8.19. The van der Waals surface area contributed by atoms with Crippen LogP contribution in [0.25, 0.3) is 0 Å². The van der Waals surface area contributed by atoms with E-state index in [4.69, 9.17) is 5.26 Å². The predicted molar refractivity (Wildman–Crippen MR) is 52.7 cm³/mol. The molecule has 12 heavy (non-hydrogen) atoms. The number of allylic oxidation sites excluding steroid dienone is 3. The molecule has 0 aromatic heterocycles. The smallest absolute Gasteiger partial charge is 0.0908 e. The Morgan fingerprint density at radius 3 is 2.33 bits per heavy atom. The number of hydrogen-bond donors (Lipinski definition) is 0. The van der Waals surface area contributed by atoms with E-state index in [9.17, 15) is 0 Å². The van der Waals surface area contributed by atoms with Crippen LogP contribution in [0.3, 0.4) is 0 Å². The van der Waals surface area contributed by atoms with E-state index in [1.165, 1.54) is 25.7 Å². The molecule has 0 aliphatic rings. The zero-order valence-corrected chi connectivity index (χ0v) is 7.63. The quantitative estimate of drug-likeness (QED) is 0.319. The molecule has 1 nitrogen and oxygen atoms in total. The first-order valence-electron chi connectivity index (χ1n) is 4.57. The number of nitrogens with zero attached hydrogens (tertiary/aromatic N) is 1. The van der Waals surface area contributed by atoms with Crippen molar-refractivity contribution in [3.8, 4) is 6.07 Å². The van der Waals surface area contributed by atoms with Gasteiger partial charge in [0.05, 0.1) is 6.07 Å². The van der Waals surface area contributed by atoms with Gasteiger partial charge < -0.3 is 0 Å². The second kappa shape index (κ2) is 9.97. The van der Waals surface area contributed by atoms with Gasteiger partial charge in [-0.25, -0.2) is 0 Å². The van der Waals surface area contributed by atoms with Crippen molar-refractivity contribution in [1.29, 1.82) is 5.26 Å². The lowest BCUT2D eigenvalue weighted by Crippen LogP contribution is -1.76. The molecule has 0 aromatic carbocycles. The Morgan fingerprint density at radius 1 is 1.08 bits per heavy atom. The van der Waals surface area contributed by atoms with Crippen LogP contribution in [-0.2, 0) is 0 Å². The van der Waals surface area contributed by atoms with Crippen molar-refractivity contribution < 1.29 is 0 Å². The molecule has 0 unspecified atom stereocenters. The Bertz CT molecular complexity index is 162. The number of nitriles is 1. The van der Waals surface area contributed by atoms with E-state index in [0.29, 0.717) is 0 Å². The summed E-state index contributed by atoms with van der Waals surface area (Å²) in [6.45, 7) is 3.67. The van der Waals surface area contributed by atoms with Crippen molar-refractivity contribution in [2.75, 3.05) is 0 Å². The lowest BCUT2D eigenvalue weighted by atomic mass is 10.1. The third kappa shape index (κ3) is 8.97. The maximum absolute atomic E-state index is 8.19. The van der Waals surface area contributed by atoms with E-state index in [-0.39, 0.29) is 0 Å². The van der Waals surface area contributed by atoms with Gasteiger partial charge in [-0.15, -0.1) is 6.58 Å². The first kappa shape index (κ1) is 11.0. The molecule has 0 fully saturated rings. The molecule has 0 aromatic rings. The van der Waals surface area contributed by atoms with Gasteiger partial charge in [-0.3, -0.25) is 0 Å². The van der Waals surface area contributed by atoms with Crippen molar-refractivity contribution in [2.24, 2.45) is 0 Å². The molecule has 66 valence electrons. The Hall–Kier alpha value is -1.03. The predicted octanol–water partition coefficient (Wildman–Crippen LogP) is 3.59. The largest absolute Gasteiger partial charge is 0.193 e. The summed E-state index contributed by atoms with van der Waals surface area (Å²) >= 11 is 0. The summed E-state index contributed by atoms with van der Waals surface area (Å²) in [6, 6.07) is 1.99. The first-order valence-corrected chi connectivity index (χ1v) is 4.57. The number of hydrogen-bond acceptors (Lipinski definition) is 1. The molecule has 0 N–H and O–H groups in total. The lowest BCUT2D eigenvalue weighted by molar-refractivity contribution is 0.652. The van der Waals surface area contributed by atoms with Gasteiger partial charge >= 0.3 is 0 Å². The van der Waals surface area contributed by atoms with Crippen LogP contribution < -0.4 is 0 Å². The third-order valence-corrected chi connectivity index (χ3v) is 1.72. The van der Waals surface area contributed by atoms with Gasteiger partial charge in [0.1, 0.15) is 0 Å². The molecule has 0 spiro atoms. The van der Waals surface area contributed by atoms with Gasteiger partial charge in [-0.2, -0.15) is 5.26 Å². The van der Waals surface area contributed by atoms with Crippen molar-refractivity contribution in [1.82, 2.24) is 0 Å². The first-order chi connectivity index (χ1) is 5.91. The second-order valence-electron chi connectivity index (χ2n) is 2.81. The zero-order chi connectivity index (χ0) is 9.07. The molecule has 0 atom stereocenters. The van der Waals surface area contributed by atoms with Crippen LogP contribution in [0.15, 0.2) is 24.8 Å². The van der Waals surface area contributed by atoms with Gasteiger partial charge in [0.15, 0.2) is 0 Å². The van der Waals surface area contributed by atoms with E-state index in [2.05, 4.69) is 6.58 Å². The van der Waals surface area contributed by atoms with Crippen LogP contribution in [0, 0.1) is 11.3 Å².